The first-order chi connectivity index (χ1) is 10.1. The minimum absolute atomic E-state index is 0.0742. The van der Waals surface area contributed by atoms with Gasteiger partial charge in [0.1, 0.15) is 5.82 Å². The zero-order valence-electron chi connectivity index (χ0n) is 11.2. The zero-order valence-corrected chi connectivity index (χ0v) is 12.8. The molecule has 1 aliphatic rings. The van der Waals surface area contributed by atoms with Crippen LogP contribution in [-0.4, -0.2) is 16.6 Å². The van der Waals surface area contributed by atoms with Crippen LogP contribution in [0.4, 0.5) is 4.39 Å². The maximum Gasteiger partial charge on any atom is 0.240 e. The molecule has 0 saturated heterocycles. The summed E-state index contributed by atoms with van der Waals surface area (Å²) in [6.45, 7) is 1.46. The fourth-order valence-corrected chi connectivity index (χ4v) is 3.17. The standard InChI is InChI=1S/C15H12ClFN2OS/c1-9(20)19-15(10-2-3-12(16)13(17)6-10)7-14(18-19)11-4-5-21-8-11/h2-6,8,15H,7H2,1H3/t15-/m1/s1. The summed E-state index contributed by atoms with van der Waals surface area (Å²) in [7, 11) is 0. The zero-order chi connectivity index (χ0) is 15.0. The van der Waals surface area contributed by atoms with Gasteiger partial charge in [0.05, 0.1) is 16.8 Å². The minimum atomic E-state index is -0.485. The van der Waals surface area contributed by atoms with Gasteiger partial charge in [0.25, 0.3) is 0 Å². The van der Waals surface area contributed by atoms with Crippen molar-refractivity contribution < 1.29 is 9.18 Å². The van der Waals surface area contributed by atoms with Gasteiger partial charge < -0.3 is 0 Å². The molecular formula is C15H12ClFN2OS. The van der Waals surface area contributed by atoms with Gasteiger partial charge in [0.2, 0.25) is 5.91 Å². The van der Waals surface area contributed by atoms with Gasteiger partial charge in [0.15, 0.2) is 0 Å². The van der Waals surface area contributed by atoms with Gasteiger partial charge in [-0.3, -0.25) is 4.79 Å². The Labute approximate surface area is 130 Å². The van der Waals surface area contributed by atoms with Crippen molar-refractivity contribution in [1.82, 2.24) is 5.01 Å². The first-order valence-corrected chi connectivity index (χ1v) is 7.73. The van der Waals surface area contributed by atoms with E-state index >= 15 is 0 Å². The Morgan fingerprint density at radius 1 is 1.48 bits per heavy atom. The highest BCUT2D eigenvalue weighted by atomic mass is 35.5. The van der Waals surface area contributed by atoms with Crippen molar-refractivity contribution >= 4 is 34.6 Å². The Hall–Kier alpha value is -1.72. The van der Waals surface area contributed by atoms with Gasteiger partial charge in [0, 0.05) is 18.9 Å². The largest absolute Gasteiger partial charge is 0.273 e. The predicted octanol–water partition coefficient (Wildman–Crippen LogP) is 4.24. The van der Waals surface area contributed by atoms with E-state index in [0.29, 0.717) is 12.0 Å². The third-order valence-electron chi connectivity index (χ3n) is 3.42. The summed E-state index contributed by atoms with van der Waals surface area (Å²) in [5, 5.41) is 9.83. The van der Waals surface area contributed by atoms with E-state index in [-0.39, 0.29) is 17.0 Å². The molecule has 0 unspecified atom stereocenters. The summed E-state index contributed by atoms with van der Waals surface area (Å²) < 4.78 is 13.7. The number of thiophene rings is 1. The number of hydrogen-bond acceptors (Lipinski definition) is 3. The lowest BCUT2D eigenvalue weighted by molar-refractivity contribution is -0.130. The molecule has 2 aromatic rings. The molecule has 1 aliphatic heterocycles. The molecule has 0 aliphatic carbocycles. The number of nitrogens with zero attached hydrogens (tertiary/aromatic N) is 2. The third-order valence-corrected chi connectivity index (χ3v) is 4.41. The SMILES string of the molecule is CC(=O)N1N=C(c2ccsc2)C[C@@H]1c1ccc(Cl)c(F)c1. The predicted molar refractivity (Wildman–Crippen MR) is 82.1 cm³/mol. The molecule has 3 nitrogen and oxygen atoms in total. The number of halogens is 2. The Balaban J connectivity index is 1.95. The maximum absolute atomic E-state index is 13.7. The molecule has 3 rings (SSSR count). The van der Waals surface area contributed by atoms with E-state index in [2.05, 4.69) is 5.10 Å². The summed E-state index contributed by atoms with van der Waals surface area (Å²) in [6.07, 6.45) is 0.567. The number of carbonyl (C=O) groups excluding carboxylic acids is 1. The number of hydrogen-bond donors (Lipinski definition) is 0. The Bertz CT molecular complexity index is 714. The fraction of sp³-hybridized carbons (Fsp3) is 0.200. The van der Waals surface area contributed by atoms with Crippen LogP contribution in [0.3, 0.4) is 0 Å². The maximum atomic E-state index is 13.7. The summed E-state index contributed by atoms with van der Waals surface area (Å²) in [5.74, 6) is -0.651. The molecule has 0 N–H and O–H groups in total. The fourth-order valence-electron chi connectivity index (χ4n) is 2.38. The number of carbonyl (C=O) groups is 1. The second-order valence-electron chi connectivity index (χ2n) is 4.82. The summed E-state index contributed by atoms with van der Waals surface area (Å²) >= 11 is 7.29. The lowest BCUT2D eigenvalue weighted by Crippen LogP contribution is -2.24. The molecule has 0 bridgehead atoms. The van der Waals surface area contributed by atoms with Crippen LogP contribution in [0, 0.1) is 5.82 Å². The molecule has 6 heteroatoms. The number of rotatable bonds is 2. The topological polar surface area (TPSA) is 32.7 Å². The molecule has 21 heavy (non-hydrogen) atoms. The third kappa shape index (κ3) is 2.71. The van der Waals surface area contributed by atoms with Crippen molar-refractivity contribution in [3.63, 3.8) is 0 Å². The molecule has 2 heterocycles. The van der Waals surface area contributed by atoms with Crippen LogP contribution in [0.15, 0.2) is 40.1 Å². The smallest absolute Gasteiger partial charge is 0.240 e. The van der Waals surface area contributed by atoms with Crippen molar-refractivity contribution in [1.29, 1.82) is 0 Å². The van der Waals surface area contributed by atoms with Gasteiger partial charge in [-0.15, -0.1) is 0 Å². The summed E-state index contributed by atoms with van der Waals surface area (Å²) in [6, 6.07) is 6.29. The second-order valence-corrected chi connectivity index (χ2v) is 6.00. The lowest BCUT2D eigenvalue weighted by atomic mass is 9.99. The second kappa shape index (κ2) is 5.58. The van der Waals surface area contributed by atoms with E-state index < -0.39 is 5.82 Å². The van der Waals surface area contributed by atoms with Crippen LogP contribution < -0.4 is 0 Å². The molecule has 1 aromatic carbocycles. The van der Waals surface area contributed by atoms with Gasteiger partial charge in [-0.1, -0.05) is 17.7 Å². The first kappa shape index (κ1) is 14.2. The number of hydrazone groups is 1. The lowest BCUT2D eigenvalue weighted by Gasteiger charge is -2.20. The number of amides is 1. The van der Waals surface area contributed by atoms with Crippen LogP contribution in [0.2, 0.25) is 5.02 Å². The molecule has 1 amide bonds. The van der Waals surface area contributed by atoms with Crippen molar-refractivity contribution in [3.8, 4) is 0 Å². The van der Waals surface area contributed by atoms with E-state index in [0.717, 1.165) is 11.3 Å². The van der Waals surface area contributed by atoms with E-state index in [1.807, 2.05) is 16.8 Å². The van der Waals surface area contributed by atoms with Crippen molar-refractivity contribution in [2.75, 3.05) is 0 Å². The molecule has 0 saturated carbocycles. The van der Waals surface area contributed by atoms with E-state index in [1.54, 1.807) is 17.4 Å². The summed E-state index contributed by atoms with van der Waals surface area (Å²) in [4.78, 5) is 11.8. The average Bonchev–Trinajstić information content (AvgIpc) is 3.09. The van der Waals surface area contributed by atoms with E-state index in [9.17, 15) is 9.18 Å². The quantitative estimate of drug-likeness (QED) is 0.814. The molecular weight excluding hydrogens is 311 g/mol. The normalized spacial score (nSPS) is 18.0. The van der Waals surface area contributed by atoms with E-state index in [4.69, 9.17) is 11.6 Å². The van der Waals surface area contributed by atoms with Crippen LogP contribution in [0.1, 0.15) is 30.5 Å². The molecule has 1 atom stereocenters. The molecule has 108 valence electrons. The van der Waals surface area contributed by atoms with Crippen molar-refractivity contribution in [3.05, 3.63) is 57.0 Å². The highest BCUT2D eigenvalue weighted by molar-refractivity contribution is 7.08. The molecule has 0 fully saturated rings. The monoisotopic (exact) mass is 322 g/mol. The van der Waals surface area contributed by atoms with Crippen LogP contribution in [0.5, 0.6) is 0 Å². The number of benzene rings is 1. The van der Waals surface area contributed by atoms with E-state index in [1.165, 1.54) is 24.1 Å². The average molecular weight is 323 g/mol. The minimum Gasteiger partial charge on any atom is -0.273 e. The highest BCUT2D eigenvalue weighted by Crippen LogP contribution is 2.34. The van der Waals surface area contributed by atoms with Gasteiger partial charge in [-0.05, 0) is 34.5 Å². The van der Waals surface area contributed by atoms with Gasteiger partial charge in [-0.25, -0.2) is 9.40 Å². The molecule has 0 radical (unpaired) electrons. The molecule has 0 spiro atoms. The van der Waals surface area contributed by atoms with Crippen molar-refractivity contribution in [2.45, 2.75) is 19.4 Å². The van der Waals surface area contributed by atoms with Gasteiger partial charge >= 0.3 is 0 Å². The summed E-state index contributed by atoms with van der Waals surface area (Å²) in [5.41, 5.74) is 2.54. The highest BCUT2D eigenvalue weighted by Gasteiger charge is 2.31. The first-order valence-electron chi connectivity index (χ1n) is 6.41. The Morgan fingerprint density at radius 2 is 2.29 bits per heavy atom. The van der Waals surface area contributed by atoms with Crippen LogP contribution in [-0.2, 0) is 4.79 Å². The Morgan fingerprint density at radius 3 is 2.90 bits per heavy atom. The van der Waals surface area contributed by atoms with Crippen molar-refractivity contribution in [2.24, 2.45) is 5.10 Å². The van der Waals surface area contributed by atoms with Gasteiger partial charge in [-0.2, -0.15) is 16.4 Å². The molecule has 1 aromatic heterocycles. The Kier molecular flexibility index (Phi) is 3.78. The van der Waals surface area contributed by atoms with Crippen LogP contribution >= 0.6 is 22.9 Å². The van der Waals surface area contributed by atoms with Crippen LogP contribution in [0.25, 0.3) is 0 Å².